The Balaban J connectivity index is 1.77. The van der Waals surface area contributed by atoms with Gasteiger partial charge >= 0.3 is 0 Å². The Morgan fingerprint density at radius 2 is 1.86 bits per heavy atom. The van der Waals surface area contributed by atoms with Crippen LogP contribution < -0.4 is 15.2 Å². The van der Waals surface area contributed by atoms with Crippen molar-refractivity contribution in [3.05, 3.63) is 61.8 Å². The van der Waals surface area contributed by atoms with Gasteiger partial charge in [-0.1, -0.05) is 43.0 Å². The first kappa shape index (κ1) is 26.0. The van der Waals surface area contributed by atoms with Gasteiger partial charge < -0.3 is 9.64 Å². The van der Waals surface area contributed by atoms with Gasteiger partial charge in [-0.05, 0) is 61.9 Å². The standard InChI is InChI=1S/C27H30N4O3S2/c1-4-12-30-24(29-13-6-5-7-14-29)21(18(2)22(16-28)25(30)32)15-23-26(33)31(27(35)36-23)17-19-8-10-20(34-3)11-9-19/h8-11,15H,4-7,12-14,17H2,1-3H3/b23-15-. The van der Waals surface area contributed by atoms with Crippen LogP contribution in [-0.2, 0) is 17.9 Å². The average Bonchev–Trinajstić information content (AvgIpc) is 3.15. The maximum absolute atomic E-state index is 13.5. The van der Waals surface area contributed by atoms with Crippen molar-refractivity contribution in [2.24, 2.45) is 0 Å². The van der Waals surface area contributed by atoms with Gasteiger partial charge in [0.1, 0.15) is 27.5 Å². The van der Waals surface area contributed by atoms with Crippen LogP contribution in [0.3, 0.4) is 0 Å². The molecule has 0 N–H and O–H groups in total. The number of hydrogen-bond acceptors (Lipinski definition) is 7. The molecule has 2 fully saturated rings. The maximum Gasteiger partial charge on any atom is 0.270 e. The Hall–Kier alpha value is -3.09. The lowest BCUT2D eigenvalue weighted by atomic mass is 10.0. The third-order valence-electron chi connectivity index (χ3n) is 6.60. The molecule has 0 saturated carbocycles. The van der Waals surface area contributed by atoms with E-state index < -0.39 is 0 Å². The number of carbonyl (C=O) groups is 1. The Kier molecular flexibility index (Phi) is 8.17. The number of piperidine rings is 1. The summed E-state index contributed by atoms with van der Waals surface area (Å²) in [5.41, 5.74) is 2.18. The lowest BCUT2D eigenvalue weighted by Crippen LogP contribution is -2.37. The minimum Gasteiger partial charge on any atom is -0.497 e. The number of carbonyl (C=O) groups excluding carboxylic acids is 1. The molecule has 1 aromatic heterocycles. The first-order valence-electron chi connectivity index (χ1n) is 12.2. The van der Waals surface area contributed by atoms with E-state index in [0.29, 0.717) is 27.9 Å². The van der Waals surface area contributed by atoms with Crippen LogP contribution in [0.15, 0.2) is 34.0 Å². The van der Waals surface area contributed by atoms with E-state index >= 15 is 0 Å². The molecule has 36 heavy (non-hydrogen) atoms. The van der Waals surface area contributed by atoms with Crippen molar-refractivity contribution in [1.82, 2.24) is 9.47 Å². The van der Waals surface area contributed by atoms with Crippen LogP contribution in [0.25, 0.3) is 6.08 Å². The summed E-state index contributed by atoms with van der Waals surface area (Å²) < 4.78 is 7.43. The SMILES string of the molecule is CCCn1c(N2CCCCC2)c(/C=C2\SC(=S)N(Cc3ccc(OC)cc3)C2=O)c(C)c(C#N)c1=O. The van der Waals surface area contributed by atoms with E-state index in [1.54, 1.807) is 23.5 Å². The monoisotopic (exact) mass is 522 g/mol. The number of thioether (sulfide) groups is 1. The summed E-state index contributed by atoms with van der Waals surface area (Å²) in [5.74, 6) is 1.38. The van der Waals surface area contributed by atoms with Crippen LogP contribution in [0, 0.1) is 18.3 Å². The van der Waals surface area contributed by atoms with Crippen molar-refractivity contribution in [2.75, 3.05) is 25.1 Å². The fourth-order valence-corrected chi connectivity index (χ4v) is 5.94. The molecule has 0 spiro atoms. The van der Waals surface area contributed by atoms with Crippen LogP contribution >= 0.6 is 24.0 Å². The van der Waals surface area contributed by atoms with Gasteiger partial charge in [-0.2, -0.15) is 5.26 Å². The lowest BCUT2D eigenvalue weighted by molar-refractivity contribution is -0.122. The highest BCUT2D eigenvalue weighted by molar-refractivity contribution is 8.26. The first-order chi connectivity index (χ1) is 17.4. The molecule has 3 heterocycles. The number of benzene rings is 1. The number of anilines is 1. The first-order valence-corrected chi connectivity index (χ1v) is 13.4. The second kappa shape index (κ2) is 11.3. The largest absolute Gasteiger partial charge is 0.497 e. The molecule has 2 aliphatic heterocycles. The number of nitriles is 1. The Morgan fingerprint density at radius 3 is 2.47 bits per heavy atom. The maximum atomic E-state index is 13.5. The van der Waals surface area contributed by atoms with E-state index in [-0.39, 0.29) is 17.0 Å². The third kappa shape index (κ3) is 5.06. The zero-order valence-electron chi connectivity index (χ0n) is 20.9. The van der Waals surface area contributed by atoms with Gasteiger partial charge in [0.25, 0.3) is 11.5 Å². The van der Waals surface area contributed by atoms with Crippen molar-refractivity contribution in [2.45, 2.75) is 52.6 Å². The summed E-state index contributed by atoms with van der Waals surface area (Å²) in [7, 11) is 1.61. The predicted octanol–water partition coefficient (Wildman–Crippen LogP) is 4.84. The highest BCUT2D eigenvalue weighted by Gasteiger charge is 2.33. The molecule has 2 aliphatic rings. The quantitative estimate of drug-likeness (QED) is 0.380. The Bertz CT molecular complexity index is 1300. The van der Waals surface area contributed by atoms with Crippen molar-refractivity contribution >= 4 is 46.1 Å². The van der Waals surface area contributed by atoms with E-state index in [4.69, 9.17) is 17.0 Å². The summed E-state index contributed by atoms with van der Waals surface area (Å²) in [6, 6.07) is 9.66. The summed E-state index contributed by atoms with van der Waals surface area (Å²) >= 11 is 6.83. The summed E-state index contributed by atoms with van der Waals surface area (Å²) in [5, 5.41) is 9.81. The number of pyridine rings is 1. The number of amides is 1. The minimum atomic E-state index is -0.262. The second-order valence-electron chi connectivity index (χ2n) is 8.97. The molecular formula is C27H30N4O3S2. The molecule has 0 bridgehead atoms. The summed E-state index contributed by atoms with van der Waals surface area (Å²) in [6.45, 7) is 6.37. The fraction of sp³-hybridized carbons (Fsp3) is 0.407. The lowest BCUT2D eigenvalue weighted by Gasteiger charge is -2.33. The molecule has 1 amide bonds. The van der Waals surface area contributed by atoms with Gasteiger partial charge in [0, 0.05) is 25.2 Å². The third-order valence-corrected chi connectivity index (χ3v) is 7.98. The van der Waals surface area contributed by atoms with Gasteiger partial charge in [-0.15, -0.1) is 0 Å². The van der Waals surface area contributed by atoms with Crippen LogP contribution in [0.2, 0.25) is 0 Å². The minimum absolute atomic E-state index is 0.129. The zero-order valence-corrected chi connectivity index (χ0v) is 22.5. The number of nitrogens with zero attached hydrogens (tertiary/aromatic N) is 4. The molecule has 4 rings (SSSR count). The summed E-state index contributed by atoms with van der Waals surface area (Å²) in [4.78, 5) is 31.0. The Morgan fingerprint density at radius 1 is 1.17 bits per heavy atom. The van der Waals surface area contributed by atoms with Gasteiger partial charge in [0.05, 0.1) is 18.6 Å². The van der Waals surface area contributed by atoms with Crippen LogP contribution in [-0.4, -0.2) is 39.9 Å². The van der Waals surface area contributed by atoms with Crippen LogP contribution in [0.1, 0.15) is 54.9 Å². The molecule has 188 valence electrons. The molecular weight excluding hydrogens is 492 g/mol. The van der Waals surface area contributed by atoms with Crippen LogP contribution in [0.5, 0.6) is 5.75 Å². The predicted molar refractivity (Wildman–Crippen MR) is 148 cm³/mol. The number of ether oxygens (including phenoxy) is 1. The van der Waals surface area contributed by atoms with E-state index in [0.717, 1.165) is 61.5 Å². The van der Waals surface area contributed by atoms with E-state index in [9.17, 15) is 14.9 Å². The average molecular weight is 523 g/mol. The highest BCUT2D eigenvalue weighted by Crippen LogP contribution is 2.37. The number of aromatic nitrogens is 1. The Labute approximate surface area is 221 Å². The second-order valence-corrected chi connectivity index (χ2v) is 10.6. The topological polar surface area (TPSA) is 78.6 Å². The van der Waals surface area contributed by atoms with Crippen molar-refractivity contribution < 1.29 is 9.53 Å². The number of rotatable bonds is 7. The number of thiocarbonyl (C=S) groups is 1. The van der Waals surface area contributed by atoms with Gasteiger partial charge in [0.15, 0.2) is 0 Å². The van der Waals surface area contributed by atoms with E-state index in [1.165, 1.54) is 11.8 Å². The van der Waals surface area contributed by atoms with Gasteiger partial charge in [-0.25, -0.2) is 0 Å². The number of hydrogen-bond donors (Lipinski definition) is 0. The van der Waals surface area contributed by atoms with Gasteiger partial charge in [0.2, 0.25) is 0 Å². The summed E-state index contributed by atoms with van der Waals surface area (Å²) in [6.07, 6.45) is 5.84. The zero-order chi connectivity index (χ0) is 25.8. The van der Waals surface area contributed by atoms with Gasteiger partial charge in [-0.3, -0.25) is 19.1 Å². The van der Waals surface area contributed by atoms with E-state index in [2.05, 4.69) is 11.0 Å². The van der Waals surface area contributed by atoms with Crippen molar-refractivity contribution in [1.29, 1.82) is 5.26 Å². The van der Waals surface area contributed by atoms with Crippen molar-refractivity contribution in [3.63, 3.8) is 0 Å². The smallest absolute Gasteiger partial charge is 0.270 e. The molecule has 7 nitrogen and oxygen atoms in total. The molecule has 0 radical (unpaired) electrons. The molecule has 0 aliphatic carbocycles. The molecule has 0 unspecified atom stereocenters. The molecule has 1 aromatic carbocycles. The van der Waals surface area contributed by atoms with Crippen molar-refractivity contribution in [3.8, 4) is 11.8 Å². The number of methoxy groups -OCH3 is 1. The van der Waals surface area contributed by atoms with Crippen LogP contribution in [0.4, 0.5) is 5.82 Å². The highest BCUT2D eigenvalue weighted by atomic mass is 32.2. The van der Waals surface area contributed by atoms with E-state index in [1.807, 2.05) is 37.3 Å². The molecule has 9 heteroatoms. The molecule has 2 aromatic rings. The molecule has 2 saturated heterocycles. The molecule has 0 atom stereocenters. The normalized spacial score (nSPS) is 17.1. The fourth-order valence-electron chi connectivity index (χ4n) is 4.70.